The molecular formula is C8H18N2O. The number of likely N-dealkylation sites (tertiary alicyclic amines) is 1. The number of carbonyl (C=O) groups is 1. The van der Waals surface area contributed by atoms with E-state index in [4.69, 9.17) is 5.73 Å². The molecule has 1 amide bonds. The van der Waals surface area contributed by atoms with Gasteiger partial charge >= 0.3 is 0 Å². The summed E-state index contributed by atoms with van der Waals surface area (Å²) in [6, 6.07) is 0.189. The number of hydrogen-bond donors (Lipinski definition) is 1. The van der Waals surface area contributed by atoms with Crippen LogP contribution in [0.3, 0.4) is 0 Å². The molecule has 0 aromatic heterocycles. The summed E-state index contributed by atoms with van der Waals surface area (Å²) in [5.41, 5.74) is 5.43. The SMILES string of the molecule is C=CC(=O)N1CC(N)C1.CC.[HH]. The van der Waals surface area contributed by atoms with Gasteiger partial charge in [-0.15, -0.1) is 0 Å². The molecule has 0 unspecified atom stereocenters. The molecule has 1 fully saturated rings. The molecule has 2 N–H and O–H groups in total. The van der Waals surface area contributed by atoms with Crippen molar-refractivity contribution in [1.82, 2.24) is 4.90 Å². The lowest BCUT2D eigenvalue weighted by atomic mass is 10.1. The zero-order valence-corrected chi connectivity index (χ0v) is 7.21. The maximum atomic E-state index is 10.7. The largest absolute Gasteiger partial charge is 0.336 e. The van der Waals surface area contributed by atoms with Gasteiger partial charge in [0.1, 0.15) is 0 Å². The number of carbonyl (C=O) groups excluding carboxylic acids is 1. The second kappa shape index (κ2) is 4.91. The van der Waals surface area contributed by atoms with Crippen molar-refractivity contribution < 1.29 is 6.22 Å². The predicted octanol–water partition coefficient (Wildman–Crippen LogP) is 0.614. The Morgan fingerprint density at radius 2 is 2.18 bits per heavy atom. The summed E-state index contributed by atoms with van der Waals surface area (Å²) >= 11 is 0. The Hall–Kier alpha value is -0.830. The first-order valence-electron chi connectivity index (χ1n) is 3.91. The molecule has 3 nitrogen and oxygen atoms in total. The first-order valence-corrected chi connectivity index (χ1v) is 3.91. The highest BCUT2D eigenvalue weighted by molar-refractivity contribution is 5.87. The topological polar surface area (TPSA) is 46.3 Å². The van der Waals surface area contributed by atoms with Gasteiger partial charge < -0.3 is 10.6 Å². The molecular weight excluding hydrogens is 140 g/mol. The molecule has 0 aliphatic carbocycles. The minimum atomic E-state index is -0.0169. The summed E-state index contributed by atoms with van der Waals surface area (Å²) in [4.78, 5) is 12.4. The molecule has 11 heavy (non-hydrogen) atoms. The Labute approximate surface area is 69.4 Å². The van der Waals surface area contributed by atoms with Crippen LogP contribution in [0.1, 0.15) is 15.3 Å². The second-order valence-electron chi connectivity index (χ2n) is 2.21. The van der Waals surface area contributed by atoms with Crippen molar-refractivity contribution in [3.8, 4) is 0 Å². The van der Waals surface area contributed by atoms with Crippen LogP contribution in [-0.2, 0) is 4.79 Å². The molecule has 1 heterocycles. The van der Waals surface area contributed by atoms with E-state index in [-0.39, 0.29) is 13.4 Å². The lowest BCUT2D eigenvalue weighted by Gasteiger charge is -2.35. The third kappa shape index (κ3) is 2.72. The average Bonchev–Trinajstić information content (AvgIpc) is 2.01. The monoisotopic (exact) mass is 158 g/mol. The first kappa shape index (κ1) is 10.2. The van der Waals surface area contributed by atoms with E-state index < -0.39 is 0 Å². The van der Waals surface area contributed by atoms with Gasteiger partial charge in [-0.1, -0.05) is 20.4 Å². The van der Waals surface area contributed by atoms with Gasteiger partial charge in [0, 0.05) is 20.6 Å². The number of hydrogen-bond acceptors (Lipinski definition) is 2. The van der Waals surface area contributed by atoms with Crippen molar-refractivity contribution in [3.05, 3.63) is 12.7 Å². The van der Waals surface area contributed by atoms with Crippen LogP contribution in [0.25, 0.3) is 0 Å². The van der Waals surface area contributed by atoms with Crippen LogP contribution in [-0.4, -0.2) is 29.9 Å². The number of rotatable bonds is 1. The van der Waals surface area contributed by atoms with E-state index >= 15 is 0 Å². The number of nitrogens with two attached hydrogens (primary N) is 1. The predicted molar refractivity (Wildman–Crippen MR) is 48.2 cm³/mol. The molecule has 0 atom stereocenters. The fraction of sp³-hybridized carbons (Fsp3) is 0.625. The zero-order chi connectivity index (χ0) is 8.85. The third-order valence-corrected chi connectivity index (χ3v) is 1.40. The summed E-state index contributed by atoms with van der Waals surface area (Å²) in [5, 5.41) is 0. The van der Waals surface area contributed by atoms with Crippen molar-refractivity contribution in [2.75, 3.05) is 13.1 Å². The molecule has 1 rings (SSSR count). The fourth-order valence-corrected chi connectivity index (χ4v) is 0.822. The molecule has 3 heteroatoms. The van der Waals surface area contributed by atoms with Crippen molar-refractivity contribution in [2.45, 2.75) is 19.9 Å². The van der Waals surface area contributed by atoms with Crippen molar-refractivity contribution in [3.63, 3.8) is 0 Å². The molecule has 0 spiro atoms. The van der Waals surface area contributed by atoms with Gasteiger partial charge in [-0.25, -0.2) is 0 Å². The summed E-state index contributed by atoms with van der Waals surface area (Å²) in [6.45, 7) is 8.73. The smallest absolute Gasteiger partial charge is 0.246 e. The Morgan fingerprint density at radius 1 is 1.73 bits per heavy atom. The minimum absolute atomic E-state index is 0. The van der Waals surface area contributed by atoms with Crippen LogP contribution in [0.4, 0.5) is 0 Å². The summed E-state index contributed by atoms with van der Waals surface area (Å²) in [6.07, 6.45) is 1.31. The van der Waals surface area contributed by atoms with Crippen molar-refractivity contribution >= 4 is 5.91 Å². The maximum Gasteiger partial charge on any atom is 0.246 e. The van der Waals surface area contributed by atoms with Gasteiger partial charge in [0.2, 0.25) is 5.91 Å². The standard InChI is InChI=1S/C6H10N2O.C2H6.H2/c1-2-6(9)8-3-5(7)4-8;1-2;/h2,5H,1,3-4,7H2;1-2H3;1H. The summed E-state index contributed by atoms with van der Waals surface area (Å²) in [5.74, 6) is -0.0169. The van der Waals surface area contributed by atoms with Crippen molar-refractivity contribution in [2.24, 2.45) is 5.73 Å². The lowest BCUT2D eigenvalue weighted by Crippen LogP contribution is -2.57. The van der Waals surface area contributed by atoms with Crippen LogP contribution in [0.5, 0.6) is 0 Å². The fourth-order valence-electron chi connectivity index (χ4n) is 0.822. The molecule has 1 saturated heterocycles. The number of nitrogens with zero attached hydrogens (tertiary/aromatic N) is 1. The molecule has 1 aliphatic rings. The van der Waals surface area contributed by atoms with Crippen molar-refractivity contribution in [1.29, 1.82) is 0 Å². The summed E-state index contributed by atoms with van der Waals surface area (Å²) in [7, 11) is 0. The van der Waals surface area contributed by atoms with E-state index in [2.05, 4.69) is 6.58 Å². The Kier molecular flexibility index (Phi) is 4.54. The Bertz CT molecular complexity index is 144. The summed E-state index contributed by atoms with van der Waals surface area (Å²) < 4.78 is 0. The quantitative estimate of drug-likeness (QED) is 0.568. The molecule has 0 saturated carbocycles. The molecule has 0 radical (unpaired) electrons. The van der Waals surface area contributed by atoms with Crippen LogP contribution >= 0.6 is 0 Å². The van der Waals surface area contributed by atoms with E-state index in [1.807, 2.05) is 13.8 Å². The Balaban J connectivity index is 0. The highest BCUT2D eigenvalue weighted by atomic mass is 16.2. The molecule has 66 valence electrons. The van der Waals surface area contributed by atoms with Crippen LogP contribution in [0.2, 0.25) is 0 Å². The normalized spacial score (nSPS) is 16.1. The number of amides is 1. The van der Waals surface area contributed by atoms with Gasteiger partial charge in [-0.3, -0.25) is 4.79 Å². The van der Waals surface area contributed by atoms with Crippen LogP contribution < -0.4 is 5.73 Å². The maximum absolute atomic E-state index is 10.7. The van der Waals surface area contributed by atoms with Crippen LogP contribution in [0.15, 0.2) is 12.7 Å². The van der Waals surface area contributed by atoms with Gasteiger partial charge in [0.15, 0.2) is 0 Å². The third-order valence-electron chi connectivity index (χ3n) is 1.40. The molecule has 0 aromatic carbocycles. The molecule has 1 aliphatic heterocycles. The van der Waals surface area contributed by atoms with E-state index in [1.54, 1.807) is 4.90 Å². The van der Waals surface area contributed by atoms with E-state index in [1.165, 1.54) is 6.08 Å². The van der Waals surface area contributed by atoms with Gasteiger partial charge in [0.25, 0.3) is 0 Å². The molecule has 0 aromatic rings. The highest BCUT2D eigenvalue weighted by Gasteiger charge is 2.25. The van der Waals surface area contributed by atoms with Gasteiger partial charge in [0.05, 0.1) is 0 Å². The first-order chi connectivity index (χ1) is 5.24. The Morgan fingerprint density at radius 3 is 2.45 bits per heavy atom. The average molecular weight is 158 g/mol. The highest BCUT2D eigenvalue weighted by Crippen LogP contribution is 2.04. The molecule has 0 bridgehead atoms. The van der Waals surface area contributed by atoms with E-state index in [0.717, 1.165) is 0 Å². The van der Waals surface area contributed by atoms with Crippen LogP contribution in [0, 0.1) is 0 Å². The van der Waals surface area contributed by atoms with E-state index in [0.29, 0.717) is 13.1 Å². The van der Waals surface area contributed by atoms with Gasteiger partial charge in [-0.05, 0) is 6.08 Å². The van der Waals surface area contributed by atoms with E-state index in [9.17, 15) is 4.79 Å². The second-order valence-corrected chi connectivity index (χ2v) is 2.21. The van der Waals surface area contributed by atoms with Gasteiger partial charge in [-0.2, -0.15) is 0 Å². The minimum Gasteiger partial charge on any atom is -0.336 e. The zero-order valence-electron chi connectivity index (χ0n) is 7.21. The lowest BCUT2D eigenvalue weighted by molar-refractivity contribution is -0.130.